The molecule has 21 heavy (non-hydrogen) atoms. The normalized spacial score (nSPS) is 22.3. The zero-order chi connectivity index (χ0) is 15.6. The van der Waals surface area contributed by atoms with E-state index < -0.39 is 4.92 Å². The number of aromatic nitrogens is 1. The third-order valence-corrected chi connectivity index (χ3v) is 3.80. The molecule has 1 amide bonds. The Balaban J connectivity index is 2.30. The fourth-order valence-corrected chi connectivity index (χ4v) is 2.65. The van der Waals surface area contributed by atoms with Crippen molar-refractivity contribution in [2.24, 2.45) is 0 Å². The standard InChI is InChI=1S/C14H22N4O3/c1-4-5-16-9-12(18(20)21)6-13(16)14(19)17-8-10(2)15-7-11(17)3/h6,9-11,15H,4-5,7-8H2,1-3H3. The van der Waals surface area contributed by atoms with Gasteiger partial charge >= 0.3 is 0 Å². The number of hydrogen-bond donors (Lipinski definition) is 1. The summed E-state index contributed by atoms with van der Waals surface area (Å²) in [6.07, 6.45) is 2.27. The Morgan fingerprint density at radius 2 is 2.24 bits per heavy atom. The maximum absolute atomic E-state index is 12.7. The van der Waals surface area contributed by atoms with Gasteiger partial charge in [-0.1, -0.05) is 6.92 Å². The number of piperazine rings is 1. The van der Waals surface area contributed by atoms with Gasteiger partial charge in [0.2, 0.25) is 0 Å². The summed E-state index contributed by atoms with van der Waals surface area (Å²) < 4.78 is 1.69. The lowest BCUT2D eigenvalue weighted by Crippen LogP contribution is -2.56. The third kappa shape index (κ3) is 3.24. The van der Waals surface area contributed by atoms with Crippen molar-refractivity contribution >= 4 is 11.6 Å². The summed E-state index contributed by atoms with van der Waals surface area (Å²) in [5.41, 5.74) is 0.382. The predicted octanol–water partition coefficient (Wildman–Crippen LogP) is 1.63. The molecule has 0 saturated carbocycles. The van der Waals surface area contributed by atoms with Gasteiger partial charge in [-0.05, 0) is 20.3 Å². The fourth-order valence-electron chi connectivity index (χ4n) is 2.65. The second kappa shape index (κ2) is 6.26. The minimum absolute atomic E-state index is 0.0253. The van der Waals surface area contributed by atoms with Crippen molar-refractivity contribution in [2.75, 3.05) is 13.1 Å². The Bertz CT molecular complexity index is 540. The van der Waals surface area contributed by atoms with Gasteiger partial charge in [0, 0.05) is 37.8 Å². The van der Waals surface area contributed by atoms with Gasteiger partial charge in [0.25, 0.3) is 11.6 Å². The van der Waals surface area contributed by atoms with E-state index in [9.17, 15) is 14.9 Å². The van der Waals surface area contributed by atoms with Crippen LogP contribution in [0.3, 0.4) is 0 Å². The highest BCUT2D eigenvalue weighted by Gasteiger charge is 2.30. The molecule has 2 heterocycles. The maximum atomic E-state index is 12.7. The molecule has 7 nitrogen and oxygen atoms in total. The quantitative estimate of drug-likeness (QED) is 0.676. The van der Waals surface area contributed by atoms with Crippen molar-refractivity contribution in [1.82, 2.24) is 14.8 Å². The minimum Gasteiger partial charge on any atom is -0.337 e. The molecule has 0 aromatic carbocycles. The summed E-state index contributed by atoms with van der Waals surface area (Å²) in [6, 6.07) is 1.70. The molecule has 1 aliphatic rings. The van der Waals surface area contributed by atoms with E-state index in [1.54, 1.807) is 9.47 Å². The van der Waals surface area contributed by atoms with E-state index in [1.807, 2.05) is 20.8 Å². The lowest BCUT2D eigenvalue weighted by Gasteiger charge is -2.37. The van der Waals surface area contributed by atoms with Crippen LogP contribution in [-0.2, 0) is 6.54 Å². The van der Waals surface area contributed by atoms with Gasteiger partial charge in [0.15, 0.2) is 0 Å². The van der Waals surface area contributed by atoms with Crippen LogP contribution in [0, 0.1) is 10.1 Å². The van der Waals surface area contributed by atoms with Gasteiger partial charge in [-0.2, -0.15) is 0 Å². The van der Waals surface area contributed by atoms with Crippen LogP contribution >= 0.6 is 0 Å². The van der Waals surface area contributed by atoms with Crippen molar-refractivity contribution in [3.8, 4) is 0 Å². The van der Waals surface area contributed by atoms with Gasteiger partial charge in [-0.3, -0.25) is 14.9 Å². The van der Waals surface area contributed by atoms with E-state index in [0.717, 1.165) is 13.0 Å². The number of nitrogens with zero attached hydrogens (tertiary/aromatic N) is 3. The van der Waals surface area contributed by atoms with Gasteiger partial charge in [-0.15, -0.1) is 0 Å². The van der Waals surface area contributed by atoms with Crippen LogP contribution in [0.2, 0.25) is 0 Å². The number of hydrogen-bond acceptors (Lipinski definition) is 4. The van der Waals surface area contributed by atoms with E-state index in [-0.39, 0.29) is 23.7 Å². The minimum atomic E-state index is -0.452. The molecule has 1 aliphatic heterocycles. The topological polar surface area (TPSA) is 80.4 Å². The first-order valence-corrected chi connectivity index (χ1v) is 7.33. The van der Waals surface area contributed by atoms with Crippen molar-refractivity contribution in [1.29, 1.82) is 0 Å². The molecular weight excluding hydrogens is 272 g/mol. The maximum Gasteiger partial charge on any atom is 0.287 e. The van der Waals surface area contributed by atoms with Crippen LogP contribution < -0.4 is 5.32 Å². The zero-order valence-electron chi connectivity index (χ0n) is 12.7. The summed E-state index contributed by atoms with van der Waals surface area (Å²) in [7, 11) is 0. The Labute approximate surface area is 124 Å². The molecule has 1 aromatic rings. The number of amides is 1. The molecule has 1 saturated heterocycles. The molecule has 0 aliphatic carbocycles. The van der Waals surface area contributed by atoms with Gasteiger partial charge in [0.1, 0.15) is 5.69 Å². The van der Waals surface area contributed by atoms with Crippen molar-refractivity contribution in [2.45, 2.75) is 45.8 Å². The number of nitrogens with one attached hydrogen (secondary N) is 1. The highest BCUT2D eigenvalue weighted by Crippen LogP contribution is 2.20. The largest absolute Gasteiger partial charge is 0.337 e. The van der Waals surface area contributed by atoms with E-state index in [2.05, 4.69) is 5.32 Å². The van der Waals surface area contributed by atoms with E-state index in [1.165, 1.54) is 12.3 Å². The molecule has 2 rings (SSSR count). The molecule has 1 N–H and O–H groups in total. The number of aryl methyl sites for hydroxylation is 1. The van der Waals surface area contributed by atoms with Crippen molar-refractivity contribution in [3.63, 3.8) is 0 Å². The Morgan fingerprint density at radius 1 is 1.52 bits per heavy atom. The van der Waals surface area contributed by atoms with E-state index in [4.69, 9.17) is 0 Å². The second-order valence-electron chi connectivity index (χ2n) is 5.65. The Morgan fingerprint density at radius 3 is 2.86 bits per heavy atom. The first-order valence-electron chi connectivity index (χ1n) is 7.33. The van der Waals surface area contributed by atoms with Crippen LogP contribution in [0.15, 0.2) is 12.3 Å². The summed E-state index contributed by atoms with van der Waals surface area (Å²) in [6.45, 7) is 7.95. The molecule has 2 atom stereocenters. The molecule has 1 aromatic heterocycles. The van der Waals surface area contributed by atoms with Crippen LogP contribution in [0.5, 0.6) is 0 Å². The lowest BCUT2D eigenvalue weighted by atomic mass is 10.1. The van der Waals surface area contributed by atoms with Crippen LogP contribution in [0.4, 0.5) is 5.69 Å². The van der Waals surface area contributed by atoms with E-state index >= 15 is 0 Å². The Hall–Kier alpha value is -1.89. The summed E-state index contributed by atoms with van der Waals surface area (Å²) in [5.74, 6) is -0.127. The first kappa shape index (κ1) is 15.5. The van der Waals surface area contributed by atoms with Crippen LogP contribution in [0.25, 0.3) is 0 Å². The summed E-state index contributed by atoms with van der Waals surface area (Å²) in [5, 5.41) is 14.3. The van der Waals surface area contributed by atoms with Crippen molar-refractivity contribution in [3.05, 3.63) is 28.1 Å². The molecule has 0 spiro atoms. The molecule has 0 radical (unpaired) electrons. The van der Waals surface area contributed by atoms with Crippen LogP contribution in [0.1, 0.15) is 37.7 Å². The third-order valence-electron chi connectivity index (χ3n) is 3.80. The number of nitro groups is 1. The number of rotatable bonds is 4. The van der Waals surface area contributed by atoms with Crippen molar-refractivity contribution < 1.29 is 9.72 Å². The summed E-state index contributed by atoms with van der Waals surface area (Å²) >= 11 is 0. The van der Waals surface area contributed by atoms with Crippen LogP contribution in [-0.4, -0.2) is 45.5 Å². The zero-order valence-corrected chi connectivity index (χ0v) is 12.7. The number of carbonyl (C=O) groups is 1. The lowest BCUT2D eigenvalue weighted by molar-refractivity contribution is -0.384. The SMILES string of the molecule is CCCn1cc([N+](=O)[O-])cc1C(=O)N1CC(C)NCC1C. The van der Waals surface area contributed by atoms with Gasteiger partial charge < -0.3 is 14.8 Å². The van der Waals surface area contributed by atoms with Gasteiger partial charge in [0.05, 0.1) is 11.1 Å². The molecule has 2 unspecified atom stereocenters. The number of carbonyl (C=O) groups excluding carboxylic acids is 1. The van der Waals surface area contributed by atoms with E-state index in [0.29, 0.717) is 18.8 Å². The average Bonchev–Trinajstić information content (AvgIpc) is 2.85. The smallest absolute Gasteiger partial charge is 0.287 e. The highest BCUT2D eigenvalue weighted by atomic mass is 16.6. The van der Waals surface area contributed by atoms with Gasteiger partial charge in [-0.25, -0.2) is 0 Å². The highest BCUT2D eigenvalue weighted by molar-refractivity contribution is 5.94. The second-order valence-corrected chi connectivity index (χ2v) is 5.65. The predicted molar refractivity (Wildman–Crippen MR) is 79.3 cm³/mol. The molecular formula is C14H22N4O3. The molecule has 0 bridgehead atoms. The molecule has 1 fully saturated rings. The average molecular weight is 294 g/mol. The molecule has 116 valence electrons. The monoisotopic (exact) mass is 294 g/mol. The fraction of sp³-hybridized carbons (Fsp3) is 0.643. The first-order chi connectivity index (χ1) is 9.93. The summed E-state index contributed by atoms with van der Waals surface area (Å²) in [4.78, 5) is 25.0. The Kier molecular flexibility index (Phi) is 4.62. The molecule has 7 heteroatoms.